The van der Waals surface area contributed by atoms with Crippen LogP contribution < -0.4 is 10.6 Å². The van der Waals surface area contributed by atoms with E-state index in [1.165, 1.54) is 17.7 Å². The van der Waals surface area contributed by atoms with Crippen molar-refractivity contribution in [3.63, 3.8) is 0 Å². The van der Waals surface area contributed by atoms with Gasteiger partial charge in [-0.3, -0.25) is 4.79 Å². The van der Waals surface area contributed by atoms with Crippen molar-refractivity contribution in [2.75, 3.05) is 10.6 Å². The number of benzene rings is 2. The van der Waals surface area contributed by atoms with E-state index in [4.69, 9.17) is 0 Å². The van der Waals surface area contributed by atoms with Gasteiger partial charge in [0.25, 0.3) is 5.91 Å². The largest absolute Gasteiger partial charge is 0.365 e. The Balaban J connectivity index is 1.61. The smallest absolute Gasteiger partial charge is 0.276 e. The summed E-state index contributed by atoms with van der Waals surface area (Å²) in [5.74, 6) is -0.452. The van der Waals surface area contributed by atoms with Gasteiger partial charge in [0.15, 0.2) is 5.69 Å². The number of nitrogens with one attached hydrogen (secondary N) is 2. The van der Waals surface area contributed by atoms with Crippen LogP contribution in [0.15, 0.2) is 60.7 Å². The van der Waals surface area contributed by atoms with Gasteiger partial charge < -0.3 is 10.6 Å². The predicted octanol–water partition coefficient (Wildman–Crippen LogP) is 3.79. The summed E-state index contributed by atoms with van der Waals surface area (Å²) >= 11 is 0. The second-order valence-electron chi connectivity index (χ2n) is 5.58. The zero-order chi connectivity index (χ0) is 17.6. The molecular weight excluding hydrogens is 319 g/mol. The van der Waals surface area contributed by atoms with E-state index in [1.54, 1.807) is 24.3 Å². The Hall–Kier alpha value is -3.28. The molecule has 0 atom stereocenters. The normalized spacial score (nSPS) is 10.3. The van der Waals surface area contributed by atoms with Crippen molar-refractivity contribution in [3.8, 4) is 0 Å². The average Bonchev–Trinajstić information content (AvgIpc) is 2.62. The summed E-state index contributed by atoms with van der Waals surface area (Å²) in [6.07, 6.45) is 0. The molecule has 0 bridgehead atoms. The van der Waals surface area contributed by atoms with Gasteiger partial charge >= 0.3 is 0 Å². The number of hydrogen-bond acceptors (Lipinski definition) is 4. The first-order valence-corrected chi connectivity index (χ1v) is 7.81. The molecule has 2 N–H and O–H groups in total. The number of rotatable bonds is 5. The average molecular weight is 336 g/mol. The fraction of sp³-hybridized carbons (Fsp3) is 0.105. The van der Waals surface area contributed by atoms with E-state index in [2.05, 4.69) is 26.9 Å². The molecular formula is C19H17FN4O. The first-order chi connectivity index (χ1) is 12.1. The van der Waals surface area contributed by atoms with Crippen molar-refractivity contribution < 1.29 is 9.18 Å². The Morgan fingerprint density at radius 3 is 2.60 bits per heavy atom. The van der Waals surface area contributed by atoms with E-state index in [0.29, 0.717) is 12.4 Å². The molecule has 3 rings (SSSR count). The number of hydrogen-bond donors (Lipinski definition) is 2. The third-order valence-electron chi connectivity index (χ3n) is 3.58. The fourth-order valence-corrected chi connectivity index (χ4v) is 2.31. The lowest BCUT2D eigenvalue weighted by atomic mass is 10.1. The van der Waals surface area contributed by atoms with E-state index >= 15 is 0 Å². The van der Waals surface area contributed by atoms with E-state index in [-0.39, 0.29) is 11.4 Å². The fourth-order valence-electron chi connectivity index (χ4n) is 2.31. The maximum Gasteiger partial charge on any atom is 0.276 e. The molecule has 0 aliphatic heterocycles. The second kappa shape index (κ2) is 7.53. The van der Waals surface area contributed by atoms with E-state index in [1.807, 2.05) is 25.1 Å². The standard InChI is InChI=1S/C19H17FN4O/c1-13-5-4-6-14(11-13)12-21-18-10-9-17(23-24-18)19(25)22-16-8-3-2-7-15(16)20/h2-11H,12H2,1H3,(H,21,24)(H,22,25). The van der Waals surface area contributed by atoms with Crippen LogP contribution >= 0.6 is 0 Å². The molecule has 126 valence electrons. The molecule has 0 unspecified atom stereocenters. The van der Waals surface area contributed by atoms with Crippen molar-refractivity contribution in [2.24, 2.45) is 0 Å². The van der Waals surface area contributed by atoms with Gasteiger partial charge in [-0.2, -0.15) is 0 Å². The Labute approximate surface area is 144 Å². The summed E-state index contributed by atoms with van der Waals surface area (Å²) in [6.45, 7) is 2.64. The van der Waals surface area contributed by atoms with Crippen molar-refractivity contribution in [3.05, 3.63) is 83.3 Å². The van der Waals surface area contributed by atoms with Crippen LogP contribution in [0.4, 0.5) is 15.9 Å². The molecule has 1 aromatic heterocycles. The summed E-state index contributed by atoms with van der Waals surface area (Å²) < 4.78 is 13.6. The Morgan fingerprint density at radius 2 is 1.88 bits per heavy atom. The zero-order valence-corrected chi connectivity index (χ0v) is 13.7. The molecule has 6 heteroatoms. The molecule has 0 saturated heterocycles. The summed E-state index contributed by atoms with van der Waals surface area (Å²) in [5.41, 5.74) is 2.54. The van der Waals surface area contributed by atoms with Crippen LogP contribution in [-0.2, 0) is 6.54 Å². The zero-order valence-electron chi connectivity index (χ0n) is 13.7. The summed E-state index contributed by atoms with van der Waals surface area (Å²) in [5, 5.41) is 13.5. The van der Waals surface area contributed by atoms with E-state index in [0.717, 1.165) is 5.56 Å². The number of amides is 1. The van der Waals surface area contributed by atoms with Crippen LogP contribution in [0.25, 0.3) is 0 Å². The lowest BCUT2D eigenvalue weighted by Crippen LogP contribution is -2.15. The van der Waals surface area contributed by atoms with Gasteiger partial charge in [0, 0.05) is 6.54 Å². The summed E-state index contributed by atoms with van der Waals surface area (Å²) in [6, 6.07) is 17.3. The summed E-state index contributed by atoms with van der Waals surface area (Å²) in [4.78, 5) is 12.1. The molecule has 1 amide bonds. The van der Waals surface area contributed by atoms with Crippen molar-refractivity contribution >= 4 is 17.4 Å². The van der Waals surface area contributed by atoms with Gasteiger partial charge in [-0.05, 0) is 36.8 Å². The lowest BCUT2D eigenvalue weighted by molar-refractivity contribution is 0.102. The predicted molar refractivity (Wildman–Crippen MR) is 94.9 cm³/mol. The third-order valence-corrected chi connectivity index (χ3v) is 3.58. The van der Waals surface area contributed by atoms with Crippen LogP contribution in [0.2, 0.25) is 0 Å². The Bertz CT molecular complexity index is 881. The number of aryl methyl sites for hydroxylation is 1. The number of halogens is 1. The Morgan fingerprint density at radius 1 is 1.04 bits per heavy atom. The maximum absolute atomic E-state index is 13.6. The minimum absolute atomic E-state index is 0.107. The van der Waals surface area contributed by atoms with Gasteiger partial charge in [0.2, 0.25) is 0 Å². The highest BCUT2D eigenvalue weighted by Gasteiger charge is 2.11. The number of anilines is 2. The van der Waals surface area contributed by atoms with E-state index in [9.17, 15) is 9.18 Å². The molecule has 5 nitrogen and oxygen atoms in total. The minimum Gasteiger partial charge on any atom is -0.365 e. The highest BCUT2D eigenvalue weighted by atomic mass is 19.1. The van der Waals surface area contributed by atoms with Gasteiger partial charge in [0.1, 0.15) is 11.6 Å². The molecule has 25 heavy (non-hydrogen) atoms. The van der Waals surface area contributed by atoms with Crippen molar-refractivity contribution in [2.45, 2.75) is 13.5 Å². The molecule has 0 aliphatic carbocycles. The highest BCUT2D eigenvalue weighted by Crippen LogP contribution is 2.14. The van der Waals surface area contributed by atoms with Crippen LogP contribution in [0, 0.1) is 12.7 Å². The van der Waals surface area contributed by atoms with Crippen LogP contribution in [0.1, 0.15) is 21.6 Å². The van der Waals surface area contributed by atoms with Crippen LogP contribution in [0.3, 0.4) is 0 Å². The second-order valence-corrected chi connectivity index (χ2v) is 5.58. The number of carbonyl (C=O) groups excluding carboxylic acids is 1. The molecule has 0 saturated carbocycles. The SMILES string of the molecule is Cc1cccc(CNc2ccc(C(=O)Nc3ccccc3F)nn2)c1. The molecule has 0 radical (unpaired) electrons. The first-order valence-electron chi connectivity index (χ1n) is 7.81. The van der Waals surface area contributed by atoms with Gasteiger partial charge in [-0.25, -0.2) is 4.39 Å². The van der Waals surface area contributed by atoms with Gasteiger partial charge in [-0.1, -0.05) is 42.0 Å². The molecule has 0 aliphatic rings. The topological polar surface area (TPSA) is 66.9 Å². The Kier molecular flexibility index (Phi) is 4.99. The van der Waals surface area contributed by atoms with Crippen molar-refractivity contribution in [1.82, 2.24) is 10.2 Å². The van der Waals surface area contributed by atoms with Crippen LogP contribution in [-0.4, -0.2) is 16.1 Å². The number of nitrogens with zero attached hydrogens (tertiary/aromatic N) is 2. The molecule has 0 fully saturated rings. The molecule has 3 aromatic rings. The van der Waals surface area contributed by atoms with Crippen LogP contribution in [0.5, 0.6) is 0 Å². The molecule has 1 heterocycles. The van der Waals surface area contributed by atoms with Gasteiger partial charge in [-0.15, -0.1) is 10.2 Å². The van der Waals surface area contributed by atoms with E-state index < -0.39 is 11.7 Å². The molecule has 0 spiro atoms. The monoisotopic (exact) mass is 336 g/mol. The third kappa shape index (κ3) is 4.38. The number of para-hydroxylation sites is 1. The number of aromatic nitrogens is 2. The van der Waals surface area contributed by atoms with Gasteiger partial charge in [0.05, 0.1) is 5.69 Å². The quantitative estimate of drug-likeness (QED) is 0.744. The minimum atomic E-state index is -0.511. The lowest BCUT2D eigenvalue weighted by Gasteiger charge is -2.07. The number of carbonyl (C=O) groups is 1. The summed E-state index contributed by atoms with van der Waals surface area (Å²) in [7, 11) is 0. The first kappa shape index (κ1) is 16.6. The molecule has 2 aromatic carbocycles. The maximum atomic E-state index is 13.6. The van der Waals surface area contributed by atoms with Crippen molar-refractivity contribution in [1.29, 1.82) is 0 Å². The highest BCUT2D eigenvalue weighted by molar-refractivity contribution is 6.02.